The molecule has 7 nitrogen and oxygen atoms in total. The van der Waals surface area contributed by atoms with Crippen LogP contribution in [-0.4, -0.2) is 25.0 Å². The Bertz CT molecular complexity index is 802. The highest BCUT2D eigenvalue weighted by Gasteiger charge is 2.22. The first-order chi connectivity index (χ1) is 10.6. The number of hydrogen-bond acceptors (Lipinski definition) is 5. The predicted molar refractivity (Wildman–Crippen MR) is 85.7 cm³/mol. The van der Waals surface area contributed by atoms with Crippen LogP contribution >= 0.6 is 0 Å². The van der Waals surface area contributed by atoms with Gasteiger partial charge in [0.05, 0.1) is 10.6 Å². The maximum Gasteiger partial charge on any atom is 0.294 e. The van der Waals surface area contributed by atoms with Gasteiger partial charge in [0, 0.05) is 17.3 Å². The third-order valence-electron chi connectivity index (χ3n) is 2.71. The molecule has 0 saturated carbocycles. The molecular weight excluding hydrogens is 318 g/mol. The van der Waals surface area contributed by atoms with Gasteiger partial charge >= 0.3 is 0 Å². The quantitative estimate of drug-likeness (QED) is 0.891. The molecular formula is C15H19N3O4S. The summed E-state index contributed by atoms with van der Waals surface area (Å²) in [7, 11) is -3.60. The van der Waals surface area contributed by atoms with Crippen molar-refractivity contribution < 1.29 is 17.7 Å². The Balaban J connectivity index is 2.12. The Kier molecular flexibility index (Phi) is 4.58. The number of hydrogen-bond donors (Lipinski definition) is 2. The number of nitrogens with one attached hydrogen (secondary N) is 2. The van der Waals surface area contributed by atoms with E-state index in [4.69, 9.17) is 4.52 Å². The molecule has 124 valence electrons. The second kappa shape index (κ2) is 6.13. The minimum absolute atomic E-state index is 0.0913. The van der Waals surface area contributed by atoms with Crippen LogP contribution in [0.15, 0.2) is 39.8 Å². The zero-order chi connectivity index (χ0) is 17.3. The van der Waals surface area contributed by atoms with Crippen molar-refractivity contribution in [2.45, 2.75) is 38.1 Å². The van der Waals surface area contributed by atoms with E-state index in [0.29, 0.717) is 11.4 Å². The minimum Gasteiger partial charge on any atom is -0.351 e. The molecule has 0 unspecified atom stereocenters. The van der Waals surface area contributed by atoms with E-state index in [1.54, 1.807) is 27.7 Å². The van der Waals surface area contributed by atoms with Gasteiger partial charge in [-0.25, -0.2) is 13.1 Å². The molecule has 0 saturated heterocycles. The Labute approximate surface area is 135 Å². The highest BCUT2D eigenvalue weighted by Crippen LogP contribution is 2.17. The number of benzene rings is 1. The van der Waals surface area contributed by atoms with Crippen molar-refractivity contribution in [2.24, 2.45) is 0 Å². The number of nitrogens with zero attached hydrogens (tertiary/aromatic N) is 1. The third kappa shape index (κ3) is 4.64. The molecule has 2 N–H and O–H groups in total. The summed E-state index contributed by atoms with van der Waals surface area (Å²) in [5, 5.41) is 6.25. The van der Waals surface area contributed by atoms with Crippen molar-refractivity contribution in [3.63, 3.8) is 0 Å². The second-order valence-electron chi connectivity index (χ2n) is 6.17. The monoisotopic (exact) mass is 337 g/mol. The first kappa shape index (κ1) is 17.2. The third-order valence-corrected chi connectivity index (χ3v) is 4.49. The highest BCUT2D eigenvalue weighted by molar-refractivity contribution is 7.89. The van der Waals surface area contributed by atoms with E-state index in [1.165, 1.54) is 30.3 Å². The average Bonchev–Trinajstić information content (AvgIpc) is 2.83. The lowest BCUT2D eigenvalue weighted by Crippen LogP contribution is -2.40. The molecule has 0 radical (unpaired) electrons. The number of aromatic nitrogens is 1. The molecule has 0 aliphatic carbocycles. The van der Waals surface area contributed by atoms with E-state index in [0.717, 1.165) is 0 Å². The Morgan fingerprint density at radius 3 is 2.26 bits per heavy atom. The molecule has 1 aromatic heterocycles. The van der Waals surface area contributed by atoms with Crippen molar-refractivity contribution in [1.29, 1.82) is 0 Å². The van der Waals surface area contributed by atoms with Crippen LogP contribution in [0, 0.1) is 6.92 Å². The smallest absolute Gasteiger partial charge is 0.294 e. The van der Waals surface area contributed by atoms with Crippen LogP contribution < -0.4 is 10.0 Å². The number of amides is 1. The van der Waals surface area contributed by atoms with E-state index in [1.807, 2.05) is 0 Å². The van der Waals surface area contributed by atoms with Crippen molar-refractivity contribution >= 4 is 21.6 Å². The Morgan fingerprint density at radius 2 is 1.78 bits per heavy atom. The second-order valence-corrected chi connectivity index (χ2v) is 7.85. The molecule has 0 atom stereocenters. The van der Waals surface area contributed by atoms with Gasteiger partial charge in [-0.05, 0) is 52.0 Å². The van der Waals surface area contributed by atoms with Crippen LogP contribution in [0.5, 0.6) is 0 Å². The number of carbonyl (C=O) groups is 1. The van der Waals surface area contributed by atoms with Crippen LogP contribution in [0.3, 0.4) is 0 Å². The summed E-state index contributed by atoms with van der Waals surface area (Å²) in [6.07, 6.45) is 0. The van der Waals surface area contributed by atoms with Crippen LogP contribution in [-0.2, 0) is 10.0 Å². The fraction of sp³-hybridized carbons (Fsp3) is 0.333. The molecule has 0 aliphatic rings. The van der Waals surface area contributed by atoms with E-state index in [2.05, 4.69) is 15.2 Å². The Hall–Kier alpha value is -2.19. The standard InChI is InChI=1S/C15H19N3O4S/c1-10-9-13(22-17-10)14(19)16-11-5-7-12(8-6-11)23(20,21)18-15(2,3)4/h5-9,18H,1-4H3,(H,16,19). The van der Waals surface area contributed by atoms with Gasteiger partial charge in [0.25, 0.3) is 5.91 Å². The van der Waals surface area contributed by atoms with Crippen molar-refractivity contribution in [1.82, 2.24) is 9.88 Å². The van der Waals surface area contributed by atoms with Gasteiger partial charge in [-0.15, -0.1) is 0 Å². The van der Waals surface area contributed by atoms with Crippen molar-refractivity contribution in [2.75, 3.05) is 5.32 Å². The summed E-state index contributed by atoms with van der Waals surface area (Å²) in [5.41, 5.74) is 0.485. The average molecular weight is 337 g/mol. The van der Waals surface area contributed by atoms with E-state index in [-0.39, 0.29) is 10.7 Å². The highest BCUT2D eigenvalue weighted by atomic mass is 32.2. The zero-order valence-corrected chi connectivity index (χ0v) is 14.2. The summed E-state index contributed by atoms with van der Waals surface area (Å²) >= 11 is 0. The lowest BCUT2D eigenvalue weighted by atomic mass is 10.1. The van der Waals surface area contributed by atoms with Gasteiger partial charge in [0.1, 0.15) is 0 Å². The van der Waals surface area contributed by atoms with Gasteiger partial charge in [-0.2, -0.15) is 0 Å². The fourth-order valence-electron chi connectivity index (χ4n) is 1.84. The number of rotatable bonds is 4. The van der Waals surface area contributed by atoms with Crippen molar-refractivity contribution in [3.05, 3.63) is 41.8 Å². The fourth-order valence-corrected chi connectivity index (χ4v) is 3.26. The first-order valence-electron chi connectivity index (χ1n) is 6.95. The molecule has 8 heteroatoms. The lowest BCUT2D eigenvalue weighted by molar-refractivity contribution is 0.0988. The van der Waals surface area contributed by atoms with Gasteiger partial charge in [0.2, 0.25) is 15.8 Å². The predicted octanol–water partition coefficient (Wildman–Crippen LogP) is 2.31. The van der Waals surface area contributed by atoms with E-state index < -0.39 is 21.5 Å². The van der Waals surface area contributed by atoms with Gasteiger partial charge in [0.15, 0.2) is 0 Å². The van der Waals surface area contributed by atoms with Gasteiger partial charge < -0.3 is 9.84 Å². The number of anilines is 1. The summed E-state index contributed by atoms with van der Waals surface area (Å²) in [5.74, 6) is -0.359. The van der Waals surface area contributed by atoms with Crippen LogP contribution in [0.2, 0.25) is 0 Å². The molecule has 0 fully saturated rings. The minimum atomic E-state index is -3.60. The summed E-state index contributed by atoms with van der Waals surface area (Å²) in [6, 6.07) is 7.39. The van der Waals surface area contributed by atoms with Crippen LogP contribution in [0.25, 0.3) is 0 Å². The maximum atomic E-state index is 12.2. The van der Waals surface area contributed by atoms with Crippen molar-refractivity contribution in [3.8, 4) is 0 Å². The Morgan fingerprint density at radius 1 is 1.17 bits per heavy atom. The normalized spacial score (nSPS) is 12.2. The lowest BCUT2D eigenvalue weighted by Gasteiger charge is -2.20. The van der Waals surface area contributed by atoms with E-state index >= 15 is 0 Å². The van der Waals surface area contributed by atoms with Crippen LogP contribution in [0.1, 0.15) is 37.0 Å². The molecule has 1 heterocycles. The number of sulfonamides is 1. The molecule has 0 spiro atoms. The number of carbonyl (C=O) groups excluding carboxylic acids is 1. The molecule has 0 aliphatic heterocycles. The zero-order valence-electron chi connectivity index (χ0n) is 13.4. The van der Waals surface area contributed by atoms with Gasteiger partial charge in [-0.3, -0.25) is 4.79 Å². The summed E-state index contributed by atoms with van der Waals surface area (Å²) in [6.45, 7) is 7.00. The molecule has 0 bridgehead atoms. The molecule has 1 aromatic carbocycles. The topological polar surface area (TPSA) is 101 Å². The largest absolute Gasteiger partial charge is 0.351 e. The van der Waals surface area contributed by atoms with E-state index in [9.17, 15) is 13.2 Å². The SMILES string of the molecule is Cc1cc(C(=O)Nc2ccc(S(=O)(=O)NC(C)(C)C)cc2)on1. The summed E-state index contributed by atoms with van der Waals surface area (Å²) < 4.78 is 31.8. The summed E-state index contributed by atoms with van der Waals surface area (Å²) in [4.78, 5) is 12.0. The number of aryl methyl sites for hydroxylation is 1. The first-order valence-corrected chi connectivity index (χ1v) is 8.44. The van der Waals surface area contributed by atoms with Crippen LogP contribution in [0.4, 0.5) is 5.69 Å². The molecule has 23 heavy (non-hydrogen) atoms. The molecule has 1 amide bonds. The van der Waals surface area contributed by atoms with Gasteiger partial charge in [-0.1, -0.05) is 5.16 Å². The molecule has 2 rings (SSSR count). The molecule has 2 aromatic rings. The maximum absolute atomic E-state index is 12.2.